The molecule has 0 heterocycles. The van der Waals surface area contributed by atoms with E-state index in [9.17, 15) is 14.5 Å². The van der Waals surface area contributed by atoms with Crippen LogP contribution < -0.4 is 4.74 Å². The summed E-state index contributed by atoms with van der Waals surface area (Å²) in [6.07, 6.45) is 1.98. The van der Waals surface area contributed by atoms with Crippen molar-refractivity contribution in [1.29, 1.82) is 0 Å². The van der Waals surface area contributed by atoms with E-state index < -0.39 is 10.7 Å². The molecule has 0 N–H and O–H groups in total. The fraction of sp³-hybridized carbons (Fsp3) is 0.0667. The molecule has 0 aliphatic heterocycles. The topological polar surface area (TPSA) is 52.4 Å². The maximum atomic E-state index is 13.4. The van der Waals surface area contributed by atoms with Crippen molar-refractivity contribution in [2.75, 3.05) is 0 Å². The van der Waals surface area contributed by atoms with Crippen LogP contribution in [0.4, 0.5) is 4.39 Å². The van der Waals surface area contributed by atoms with Gasteiger partial charge < -0.3 is 4.74 Å². The van der Waals surface area contributed by atoms with Crippen LogP contribution in [0.1, 0.15) is 11.1 Å². The Labute approximate surface area is 115 Å². The molecule has 0 saturated carbocycles. The number of nitro groups is 1. The highest BCUT2D eigenvalue weighted by molar-refractivity contribution is 5.51. The van der Waals surface area contributed by atoms with Crippen LogP contribution in [0, 0.1) is 15.9 Å². The van der Waals surface area contributed by atoms with Crippen molar-refractivity contribution < 1.29 is 14.1 Å². The van der Waals surface area contributed by atoms with Crippen LogP contribution in [0.15, 0.2) is 54.7 Å². The Morgan fingerprint density at radius 2 is 1.95 bits per heavy atom. The van der Waals surface area contributed by atoms with Crippen molar-refractivity contribution in [3.05, 3.63) is 81.8 Å². The SMILES string of the molecule is O=[N+]([O-])C=Cc1cc(F)cc(OCc2ccccc2)c1. The molecule has 0 fully saturated rings. The number of benzene rings is 2. The molecule has 102 valence electrons. The Morgan fingerprint density at radius 1 is 1.20 bits per heavy atom. The van der Waals surface area contributed by atoms with Crippen LogP contribution >= 0.6 is 0 Å². The second kappa shape index (κ2) is 6.47. The van der Waals surface area contributed by atoms with Gasteiger partial charge in [0, 0.05) is 12.1 Å². The predicted molar refractivity (Wildman–Crippen MR) is 73.2 cm³/mol. The maximum absolute atomic E-state index is 13.4. The lowest BCUT2D eigenvalue weighted by atomic mass is 10.2. The first-order valence-electron chi connectivity index (χ1n) is 5.92. The third-order valence-corrected chi connectivity index (χ3v) is 2.53. The molecule has 0 saturated heterocycles. The van der Waals surface area contributed by atoms with Gasteiger partial charge in [-0.3, -0.25) is 10.1 Å². The van der Waals surface area contributed by atoms with Gasteiger partial charge in [0.2, 0.25) is 6.20 Å². The van der Waals surface area contributed by atoms with Gasteiger partial charge in [-0.1, -0.05) is 30.3 Å². The first-order chi connectivity index (χ1) is 9.63. The first-order valence-corrected chi connectivity index (χ1v) is 5.92. The molecule has 0 atom stereocenters. The van der Waals surface area contributed by atoms with Crippen LogP contribution in [-0.4, -0.2) is 4.92 Å². The second-order valence-electron chi connectivity index (χ2n) is 4.10. The van der Waals surface area contributed by atoms with Gasteiger partial charge in [0.15, 0.2) is 0 Å². The minimum atomic E-state index is -0.602. The van der Waals surface area contributed by atoms with E-state index in [0.29, 0.717) is 17.9 Å². The van der Waals surface area contributed by atoms with Crippen LogP contribution in [0.5, 0.6) is 5.75 Å². The van der Waals surface area contributed by atoms with E-state index in [0.717, 1.165) is 11.8 Å². The van der Waals surface area contributed by atoms with Crippen LogP contribution in [-0.2, 0) is 6.61 Å². The van der Waals surface area contributed by atoms with Gasteiger partial charge in [-0.05, 0) is 23.3 Å². The Balaban J connectivity index is 2.10. The first kappa shape index (κ1) is 13.7. The van der Waals surface area contributed by atoms with Crippen LogP contribution in [0.3, 0.4) is 0 Å². The zero-order valence-corrected chi connectivity index (χ0v) is 10.5. The Bertz CT molecular complexity index is 626. The van der Waals surface area contributed by atoms with Crippen LogP contribution in [0.25, 0.3) is 6.08 Å². The largest absolute Gasteiger partial charge is 0.489 e. The van der Waals surface area contributed by atoms with Crippen LogP contribution in [0.2, 0.25) is 0 Å². The summed E-state index contributed by atoms with van der Waals surface area (Å²) >= 11 is 0. The van der Waals surface area contributed by atoms with E-state index in [-0.39, 0.29) is 0 Å². The smallest absolute Gasteiger partial charge is 0.235 e. The highest BCUT2D eigenvalue weighted by atomic mass is 19.1. The zero-order chi connectivity index (χ0) is 14.4. The van der Waals surface area contributed by atoms with E-state index >= 15 is 0 Å². The zero-order valence-electron chi connectivity index (χ0n) is 10.5. The minimum Gasteiger partial charge on any atom is -0.489 e. The molecular formula is C15H12FNO3. The maximum Gasteiger partial charge on any atom is 0.235 e. The number of nitrogens with zero attached hydrogens (tertiary/aromatic N) is 1. The molecule has 0 spiro atoms. The van der Waals surface area contributed by atoms with Gasteiger partial charge in [0.05, 0.1) is 4.92 Å². The summed E-state index contributed by atoms with van der Waals surface area (Å²) in [7, 11) is 0. The molecule has 0 aliphatic carbocycles. The number of rotatable bonds is 5. The molecule has 0 radical (unpaired) electrons. The fourth-order valence-corrected chi connectivity index (χ4v) is 1.65. The highest BCUT2D eigenvalue weighted by Crippen LogP contribution is 2.19. The summed E-state index contributed by atoms with van der Waals surface area (Å²) in [4.78, 5) is 9.65. The van der Waals surface area contributed by atoms with Gasteiger partial charge >= 0.3 is 0 Å². The Kier molecular flexibility index (Phi) is 4.44. The number of halogens is 1. The van der Waals surface area contributed by atoms with Gasteiger partial charge in [-0.25, -0.2) is 4.39 Å². The van der Waals surface area contributed by atoms with Crippen molar-refractivity contribution in [2.24, 2.45) is 0 Å². The van der Waals surface area contributed by atoms with Crippen molar-refractivity contribution in [2.45, 2.75) is 6.61 Å². The van der Waals surface area contributed by atoms with E-state index in [2.05, 4.69) is 0 Å². The molecule has 5 heteroatoms. The Hall–Kier alpha value is -2.69. The summed E-state index contributed by atoms with van der Waals surface area (Å²) in [6, 6.07) is 13.4. The molecule has 4 nitrogen and oxygen atoms in total. The summed E-state index contributed by atoms with van der Waals surface area (Å²) < 4.78 is 18.9. The molecule has 0 amide bonds. The van der Waals surface area contributed by atoms with Gasteiger partial charge in [0.1, 0.15) is 18.2 Å². The van der Waals surface area contributed by atoms with Gasteiger partial charge in [-0.15, -0.1) is 0 Å². The Morgan fingerprint density at radius 3 is 2.65 bits per heavy atom. The normalized spacial score (nSPS) is 10.7. The lowest BCUT2D eigenvalue weighted by molar-refractivity contribution is -0.400. The molecule has 0 unspecified atom stereocenters. The lowest BCUT2D eigenvalue weighted by Crippen LogP contribution is -1.96. The van der Waals surface area contributed by atoms with Crippen molar-refractivity contribution in [3.63, 3.8) is 0 Å². The summed E-state index contributed by atoms with van der Waals surface area (Å²) in [5, 5.41) is 10.2. The lowest BCUT2D eigenvalue weighted by Gasteiger charge is -2.07. The van der Waals surface area contributed by atoms with E-state index in [4.69, 9.17) is 4.74 Å². The molecule has 0 bridgehead atoms. The monoisotopic (exact) mass is 273 g/mol. The quantitative estimate of drug-likeness (QED) is 0.617. The molecule has 0 aromatic heterocycles. The van der Waals surface area contributed by atoms with Gasteiger partial charge in [0.25, 0.3) is 0 Å². The van der Waals surface area contributed by atoms with E-state index in [1.165, 1.54) is 18.2 Å². The molecule has 2 aromatic rings. The summed E-state index contributed by atoms with van der Waals surface area (Å²) in [5.41, 5.74) is 1.34. The third-order valence-electron chi connectivity index (χ3n) is 2.53. The van der Waals surface area contributed by atoms with Gasteiger partial charge in [-0.2, -0.15) is 0 Å². The molecule has 2 aromatic carbocycles. The highest BCUT2D eigenvalue weighted by Gasteiger charge is 2.02. The van der Waals surface area contributed by atoms with Crippen molar-refractivity contribution in [1.82, 2.24) is 0 Å². The molecule has 2 rings (SSSR count). The number of hydrogen-bond donors (Lipinski definition) is 0. The average molecular weight is 273 g/mol. The fourth-order valence-electron chi connectivity index (χ4n) is 1.65. The van der Waals surface area contributed by atoms with Crippen molar-refractivity contribution >= 4 is 6.08 Å². The predicted octanol–water partition coefficient (Wildman–Crippen LogP) is 3.65. The standard InChI is InChI=1S/C15H12FNO3/c16-14-8-13(6-7-17(18)19)9-15(10-14)20-11-12-4-2-1-3-5-12/h1-10H,11H2. The van der Waals surface area contributed by atoms with E-state index in [1.807, 2.05) is 30.3 Å². The summed E-state index contributed by atoms with van der Waals surface area (Å²) in [6.45, 7) is 0.308. The molecule has 0 aliphatic rings. The second-order valence-corrected chi connectivity index (χ2v) is 4.10. The minimum absolute atomic E-state index is 0.308. The average Bonchev–Trinajstić information content (AvgIpc) is 2.44. The number of ether oxygens (including phenoxy) is 1. The van der Waals surface area contributed by atoms with E-state index in [1.54, 1.807) is 6.07 Å². The molecular weight excluding hydrogens is 261 g/mol. The number of hydrogen-bond acceptors (Lipinski definition) is 3. The summed E-state index contributed by atoms with van der Waals surface area (Å²) in [5.74, 6) is -0.171. The molecule has 20 heavy (non-hydrogen) atoms. The van der Waals surface area contributed by atoms with Crippen molar-refractivity contribution in [3.8, 4) is 5.75 Å². The third kappa shape index (κ3) is 4.20.